The summed E-state index contributed by atoms with van der Waals surface area (Å²) in [6.07, 6.45) is 3.10. The van der Waals surface area contributed by atoms with Crippen LogP contribution in [0, 0.1) is 11.7 Å². The van der Waals surface area contributed by atoms with E-state index in [1.165, 1.54) is 5.69 Å². The molecule has 0 amide bonds. The van der Waals surface area contributed by atoms with Crippen LogP contribution in [-0.2, 0) is 6.54 Å². The minimum Gasteiger partial charge on any atom is -0.337 e. The first-order chi connectivity index (χ1) is 6.11. The monoisotopic (exact) mass is 199 g/mol. The third kappa shape index (κ3) is 2.97. The summed E-state index contributed by atoms with van der Waals surface area (Å²) in [6.45, 7) is 4.18. The number of aryl methyl sites for hydroxylation is 1. The largest absolute Gasteiger partial charge is 0.337 e. The van der Waals surface area contributed by atoms with Gasteiger partial charge in [-0.3, -0.25) is 0 Å². The van der Waals surface area contributed by atoms with Crippen LogP contribution in [0.3, 0.4) is 0 Å². The first kappa shape index (κ1) is 10.5. The summed E-state index contributed by atoms with van der Waals surface area (Å²) in [7, 11) is 4.17. The Morgan fingerprint density at radius 2 is 2.23 bits per heavy atom. The van der Waals surface area contributed by atoms with Crippen molar-refractivity contribution in [3.05, 3.63) is 16.7 Å². The predicted molar refractivity (Wildman–Crippen MR) is 57.5 cm³/mol. The average Bonchev–Trinajstić information content (AvgIpc) is 2.34. The number of hydrogen-bond acceptors (Lipinski definition) is 2. The normalized spacial score (nSPS) is 11.1. The van der Waals surface area contributed by atoms with Gasteiger partial charge in [-0.25, -0.2) is 0 Å². The minimum absolute atomic E-state index is 0.830. The van der Waals surface area contributed by atoms with Gasteiger partial charge >= 0.3 is 0 Å². The Balaban J connectivity index is 2.50. The van der Waals surface area contributed by atoms with Crippen LogP contribution in [0.15, 0.2) is 6.20 Å². The molecular weight excluding hydrogens is 182 g/mol. The van der Waals surface area contributed by atoms with Crippen LogP contribution in [-0.4, -0.2) is 35.1 Å². The molecule has 0 spiro atoms. The summed E-state index contributed by atoms with van der Waals surface area (Å²) in [4.78, 5) is 5.23. The molecule has 0 saturated carbocycles. The van der Waals surface area contributed by atoms with Crippen molar-refractivity contribution in [2.75, 3.05) is 20.6 Å². The van der Waals surface area contributed by atoms with Gasteiger partial charge in [-0.05, 0) is 46.2 Å². The number of imidazole rings is 1. The van der Waals surface area contributed by atoms with E-state index in [0.717, 1.165) is 24.3 Å². The Labute approximate surface area is 84.4 Å². The van der Waals surface area contributed by atoms with E-state index in [0.29, 0.717) is 0 Å². The van der Waals surface area contributed by atoms with Gasteiger partial charge in [0.15, 0.2) is 4.77 Å². The summed E-state index contributed by atoms with van der Waals surface area (Å²) in [6, 6.07) is 0. The molecule has 0 saturated heterocycles. The van der Waals surface area contributed by atoms with Crippen molar-refractivity contribution in [1.82, 2.24) is 14.5 Å². The maximum Gasteiger partial charge on any atom is 0.177 e. The minimum atomic E-state index is 0.830. The molecule has 0 aromatic carbocycles. The summed E-state index contributed by atoms with van der Waals surface area (Å²) < 4.78 is 2.97. The molecule has 0 atom stereocenters. The molecule has 0 unspecified atom stereocenters. The smallest absolute Gasteiger partial charge is 0.177 e. The molecule has 1 rings (SSSR count). The second-order valence-electron chi connectivity index (χ2n) is 3.54. The second kappa shape index (κ2) is 4.58. The Kier molecular flexibility index (Phi) is 3.69. The van der Waals surface area contributed by atoms with Crippen molar-refractivity contribution in [3.63, 3.8) is 0 Å². The molecule has 3 nitrogen and oxygen atoms in total. The lowest BCUT2D eigenvalue weighted by Crippen LogP contribution is -2.15. The molecule has 1 heterocycles. The molecule has 0 fully saturated rings. The third-order valence-electron chi connectivity index (χ3n) is 2.06. The summed E-state index contributed by atoms with van der Waals surface area (Å²) in [5, 5.41) is 0. The average molecular weight is 199 g/mol. The van der Waals surface area contributed by atoms with E-state index < -0.39 is 0 Å². The van der Waals surface area contributed by atoms with E-state index in [1.54, 1.807) is 0 Å². The zero-order valence-electron chi connectivity index (χ0n) is 8.50. The fourth-order valence-corrected chi connectivity index (χ4v) is 1.60. The van der Waals surface area contributed by atoms with Crippen molar-refractivity contribution in [2.45, 2.75) is 19.9 Å². The van der Waals surface area contributed by atoms with E-state index in [1.807, 2.05) is 6.20 Å². The van der Waals surface area contributed by atoms with Gasteiger partial charge in [-0.2, -0.15) is 0 Å². The quantitative estimate of drug-likeness (QED) is 0.748. The number of aromatic amines is 1. The highest BCUT2D eigenvalue weighted by atomic mass is 32.1. The number of nitrogens with one attached hydrogen (secondary N) is 1. The van der Waals surface area contributed by atoms with Crippen LogP contribution in [0.1, 0.15) is 12.1 Å². The molecule has 0 radical (unpaired) electrons. The van der Waals surface area contributed by atoms with Crippen molar-refractivity contribution in [3.8, 4) is 0 Å². The first-order valence-electron chi connectivity index (χ1n) is 4.51. The second-order valence-corrected chi connectivity index (χ2v) is 3.93. The van der Waals surface area contributed by atoms with E-state index in [4.69, 9.17) is 12.2 Å². The topological polar surface area (TPSA) is 24.0 Å². The van der Waals surface area contributed by atoms with Gasteiger partial charge < -0.3 is 14.5 Å². The first-order valence-corrected chi connectivity index (χ1v) is 4.91. The van der Waals surface area contributed by atoms with Crippen LogP contribution < -0.4 is 0 Å². The molecule has 4 heteroatoms. The van der Waals surface area contributed by atoms with E-state index in [-0.39, 0.29) is 0 Å². The Morgan fingerprint density at radius 3 is 2.69 bits per heavy atom. The predicted octanol–water partition coefficient (Wildman–Crippen LogP) is 1.81. The van der Waals surface area contributed by atoms with E-state index in [9.17, 15) is 0 Å². The lowest BCUT2D eigenvalue weighted by molar-refractivity contribution is 0.385. The molecule has 1 aromatic heterocycles. The third-order valence-corrected chi connectivity index (χ3v) is 2.40. The molecule has 0 aliphatic rings. The van der Waals surface area contributed by atoms with Crippen LogP contribution >= 0.6 is 12.2 Å². The molecular formula is C9H17N3S. The van der Waals surface area contributed by atoms with Gasteiger partial charge in [0, 0.05) is 18.4 Å². The molecule has 74 valence electrons. The number of aromatic nitrogens is 2. The fraction of sp³-hybridized carbons (Fsp3) is 0.667. The van der Waals surface area contributed by atoms with Gasteiger partial charge in [0.05, 0.1) is 0 Å². The maximum atomic E-state index is 5.15. The zero-order valence-corrected chi connectivity index (χ0v) is 9.32. The van der Waals surface area contributed by atoms with Crippen molar-refractivity contribution in [1.29, 1.82) is 0 Å². The molecule has 13 heavy (non-hydrogen) atoms. The van der Waals surface area contributed by atoms with Gasteiger partial charge in [0.25, 0.3) is 0 Å². The van der Waals surface area contributed by atoms with E-state index >= 15 is 0 Å². The number of rotatable bonds is 4. The highest BCUT2D eigenvalue weighted by molar-refractivity contribution is 7.71. The zero-order chi connectivity index (χ0) is 9.84. The van der Waals surface area contributed by atoms with E-state index in [2.05, 4.69) is 35.5 Å². The molecule has 1 N–H and O–H groups in total. The Bertz CT molecular complexity index is 311. The Morgan fingerprint density at radius 1 is 1.54 bits per heavy atom. The summed E-state index contributed by atoms with van der Waals surface area (Å²) >= 11 is 5.15. The van der Waals surface area contributed by atoms with Gasteiger partial charge in [-0.15, -0.1) is 0 Å². The standard InChI is InChI=1S/C9H17N3S/c1-8-7-10-9(13)12(8)6-4-5-11(2)3/h7H,4-6H2,1-3H3,(H,10,13). The van der Waals surface area contributed by atoms with Crippen LogP contribution in [0.2, 0.25) is 0 Å². The van der Waals surface area contributed by atoms with Crippen molar-refractivity contribution >= 4 is 12.2 Å². The number of hydrogen-bond donors (Lipinski definition) is 1. The molecule has 0 bridgehead atoms. The fourth-order valence-electron chi connectivity index (χ4n) is 1.31. The lowest BCUT2D eigenvalue weighted by Gasteiger charge is -2.10. The van der Waals surface area contributed by atoms with Gasteiger partial charge in [-0.1, -0.05) is 0 Å². The van der Waals surface area contributed by atoms with Crippen LogP contribution in [0.4, 0.5) is 0 Å². The lowest BCUT2D eigenvalue weighted by atomic mass is 10.4. The van der Waals surface area contributed by atoms with Crippen LogP contribution in [0.5, 0.6) is 0 Å². The van der Waals surface area contributed by atoms with Crippen molar-refractivity contribution in [2.24, 2.45) is 0 Å². The molecule has 1 aromatic rings. The summed E-state index contributed by atoms with van der Waals surface area (Å²) in [5.41, 5.74) is 1.21. The van der Waals surface area contributed by atoms with Gasteiger partial charge in [0.1, 0.15) is 0 Å². The molecule has 0 aliphatic heterocycles. The SMILES string of the molecule is Cc1c[nH]c(=S)n1CCCN(C)C. The highest BCUT2D eigenvalue weighted by Gasteiger charge is 1.98. The van der Waals surface area contributed by atoms with Crippen molar-refractivity contribution < 1.29 is 0 Å². The van der Waals surface area contributed by atoms with Gasteiger partial charge in [0.2, 0.25) is 0 Å². The number of H-pyrrole nitrogens is 1. The molecule has 0 aliphatic carbocycles. The van der Waals surface area contributed by atoms with Crippen LogP contribution in [0.25, 0.3) is 0 Å². The maximum absolute atomic E-state index is 5.15. The number of nitrogens with zero attached hydrogens (tertiary/aromatic N) is 2. The highest BCUT2D eigenvalue weighted by Crippen LogP contribution is 2.01. The Hall–Kier alpha value is -0.610. The summed E-state index contributed by atoms with van der Waals surface area (Å²) in [5.74, 6) is 0.